The first-order valence-electron chi connectivity index (χ1n) is 7.43. The molecule has 0 amide bonds. The van der Waals surface area contributed by atoms with Crippen LogP contribution in [0.5, 0.6) is 11.5 Å². The van der Waals surface area contributed by atoms with E-state index in [0.717, 1.165) is 12.2 Å². The van der Waals surface area contributed by atoms with Gasteiger partial charge in [0.05, 0.1) is 20.3 Å². The van der Waals surface area contributed by atoms with Gasteiger partial charge in [-0.3, -0.25) is 4.79 Å². The van der Waals surface area contributed by atoms with E-state index in [-0.39, 0.29) is 18.2 Å². The third kappa shape index (κ3) is 4.61. The second-order valence-electron chi connectivity index (χ2n) is 5.39. The van der Waals surface area contributed by atoms with Gasteiger partial charge in [-0.1, -0.05) is 6.07 Å². The van der Waals surface area contributed by atoms with E-state index in [9.17, 15) is 4.79 Å². The standard InChI is InChI=1S/C16H20O6/c1-18-15-6-11(2-4-14(15)21-9-12-7-19-12)3-5-16(17)22-10-13-8-20-13/h2,4,6,12-13H,3,5,7-10H2,1H3. The van der Waals surface area contributed by atoms with Crippen LogP contribution >= 0.6 is 0 Å². The SMILES string of the molecule is COc1cc(CCC(=O)OCC2CO2)ccc1OCC1CO1. The van der Waals surface area contributed by atoms with E-state index < -0.39 is 0 Å². The van der Waals surface area contributed by atoms with Crippen LogP contribution in [0, 0.1) is 0 Å². The minimum atomic E-state index is -0.208. The Labute approximate surface area is 129 Å². The predicted molar refractivity (Wildman–Crippen MR) is 77.2 cm³/mol. The lowest BCUT2D eigenvalue weighted by atomic mass is 10.1. The summed E-state index contributed by atoms with van der Waals surface area (Å²) >= 11 is 0. The molecular formula is C16H20O6. The molecule has 1 aromatic carbocycles. The second-order valence-corrected chi connectivity index (χ2v) is 5.39. The zero-order valence-electron chi connectivity index (χ0n) is 12.6. The summed E-state index contributed by atoms with van der Waals surface area (Å²) in [6, 6.07) is 5.68. The Morgan fingerprint density at radius 1 is 1.18 bits per heavy atom. The van der Waals surface area contributed by atoms with Crippen molar-refractivity contribution in [1.82, 2.24) is 0 Å². The van der Waals surface area contributed by atoms with Crippen LogP contribution in [0.1, 0.15) is 12.0 Å². The van der Waals surface area contributed by atoms with Gasteiger partial charge in [-0.05, 0) is 24.1 Å². The number of carbonyl (C=O) groups excluding carboxylic acids is 1. The summed E-state index contributed by atoms with van der Waals surface area (Å²) in [6.45, 7) is 2.34. The van der Waals surface area contributed by atoms with Crippen molar-refractivity contribution < 1.29 is 28.5 Å². The normalized spacial score (nSPS) is 22.0. The summed E-state index contributed by atoms with van der Waals surface area (Å²) < 4.78 is 26.2. The fourth-order valence-electron chi connectivity index (χ4n) is 2.00. The molecule has 0 saturated carbocycles. The molecule has 0 radical (unpaired) electrons. The molecular weight excluding hydrogens is 288 g/mol. The zero-order chi connectivity index (χ0) is 15.4. The second kappa shape index (κ2) is 6.98. The van der Waals surface area contributed by atoms with Gasteiger partial charge in [0.15, 0.2) is 11.5 Å². The van der Waals surface area contributed by atoms with Gasteiger partial charge >= 0.3 is 5.97 Å². The predicted octanol–water partition coefficient (Wildman–Crippen LogP) is 1.35. The van der Waals surface area contributed by atoms with Gasteiger partial charge in [-0.2, -0.15) is 0 Å². The van der Waals surface area contributed by atoms with Crippen LogP contribution in [-0.2, 0) is 25.4 Å². The van der Waals surface area contributed by atoms with Crippen LogP contribution in [0.2, 0.25) is 0 Å². The summed E-state index contributed by atoms with van der Waals surface area (Å²) in [5, 5.41) is 0. The number of esters is 1. The summed E-state index contributed by atoms with van der Waals surface area (Å²) in [4.78, 5) is 11.6. The number of ether oxygens (including phenoxy) is 5. The maximum atomic E-state index is 11.6. The number of hydrogen-bond acceptors (Lipinski definition) is 6. The van der Waals surface area contributed by atoms with E-state index in [1.54, 1.807) is 7.11 Å². The fraction of sp³-hybridized carbons (Fsp3) is 0.562. The van der Waals surface area contributed by atoms with E-state index in [0.29, 0.717) is 44.2 Å². The minimum Gasteiger partial charge on any atom is -0.493 e. The van der Waals surface area contributed by atoms with Gasteiger partial charge in [0.1, 0.15) is 25.4 Å². The summed E-state index contributed by atoms with van der Waals surface area (Å²) in [5.41, 5.74) is 1.01. The van der Waals surface area contributed by atoms with Gasteiger partial charge < -0.3 is 23.7 Å². The van der Waals surface area contributed by atoms with Crippen LogP contribution < -0.4 is 9.47 Å². The number of carbonyl (C=O) groups is 1. The van der Waals surface area contributed by atoms with Gasteiger partial charge in [0, 0.05) is 6.42 Å². The maximum absolute atomic E-state index is 11.6. The highest BCUT2D eigenvalue weighted by molar-refractivity contribution is 5.69. The largest absolute Gasteiger partial charge is 0.493 e. The van der Waals surface area contributed by atoms with Gasteiger partial charge in [-0.25, -0.2) is 0 Å². The lowest BCUT2D eigenvalue weighted by molar-refractivity contribution is -0.144. The monoisotopic (exact) mass is 308 g/mol. The fourth-order valence-corrected chi connectivity index (χ4v) is 2.00. The summed E-state index contributed by atoms with van der Waals surface area (Å²) in [6.07, 6.45) is 1.25. The lowest BCUT2D eigenvalue weighted by Crippen LogP contribution is -2.10. The van der Waals surface area contributed by atoms with Crippen LogP contribution in [0.4, 0.5) is 0 Å². The van der Waals surface area contributed by atoms with Crippen LogP contribution in [-0.4, -0.2) is 51.7 Å². The molecule has 1 aromatic rings. The number of methoxy groups -OCH3 is 1. The molecule has 2 fully saturated rings. The summed E-state index contributed by atoms with van der Waals surface area (Å²) in [5.74, 6) is 1.15. The van der Waals surface area contributed by atoms with Crippen molar-refractivity contribution in [1.29, 1.82) is 0 Å². The Kier molecular flexibility index (Phi) is 4.80. The maximum Gasteiger partial charge on any atom is 0.306 e. The van der Waals surface area contributed by atoms with Crippen molar-refractivity contribution in [2.45, 2.75) is 25.0 Å². The van der Waals surface area contributed by atoms with Crippen molar-refractivity contribution in [3.8, 4) is 11.5 Å². The number of aryl methyl sites for hydroxylation is 1. The van der Waals surface area contributed by atoms with Crippen molar-refractivity contribution >= 4 is 5.97 Å². The van der Waals surface area contributed by atoms with E-state index in [2.05, 4.69) is 0 Å². The molecule has 22 heavy (non-hydrogen) atoms. The average Bonchev–Trinajstić information content (AvgIpc) is 3.43. The van der Waals surface area contributed by atoms with Crippen molar-refractivity contribution in [2.75, 3.05) is 33.5 Å². The first-order chi connectivity index (χ1) is 10.7. The Balaban J connectivity index is 1.48. The Bertz CT molecular complexity index is 521. The smallest absolute Gasteiger partial charge is 0.306 e. The van der Waals surface area contributed by atoms with Gasteiger partial charge in [0.25, 0.3) is 0 Å². The van der Waals surface area contributed by atoms with E-state index in [4.69, 9.17) is 23.7 Å². The molecule has 2 aliphatic heterocycles. The highest BCUT2D eigenvalue weighted by Gasteiger charge is 2.24. The third-order valence-corrected chi connectivity index (χ3v) is 3.51. The van der Waals surface area contributed by atoms with E-state index in [1.165, 1.54) is 0 Å². The van der Waals surface area contributed by atoms with Gasteiger partial charge in [-0.15, -0.1) is 0 Å². The molecule has 6 heteroatoms. The Hall–Kier alpha value is -1.79. The molecule has 0 spiro atoms. The number of epoxide rings is 2. The first-order valence-corrected chi connectivity index (χ1v) is 7.43. The third-order valence-electron chi connectivity index (χ3n) is 3.51. The molecule has 6 nitrogen and oxygen atoms in total. The number of benzene rings is 1. The summed E-state index contributed by atoms with van der Waals surface area (Å²) in [7, 11) is 1.60. The van der Waals surface area contributed by atoms with Crippen LogP contribution in [0.15, 0.2) is 18.2 Å². The number of rotatable bonds is 9. The van der Waals surface area contributed by atoms with E-state index >= 15 is 0 Å². The van der Waals surface area contributed by atoms with Gasteiger partial charge in [0.2, 0.25) is 0 Å². The molecule has 120 valence electrons. The molecule has 2 heterocycles. The minimum absolute atomic E-state index is 0.107. The molecule has 2 aliphatic rings. The van der Waals surface area contributed by atoms with Crippen molar-refractivity contribution in [3.63, 3.8) is 0 Å². The molecule has 2 unspecified atom stereocenters. The zero-order valence-corrected chi connectivity index (χ0v) is 12.6. The Morgan fingerprint density at radius 2 is 1.91 bits per heavy atom. The highest BCUT2D eigenvalue weighted by Crippen LogP contribution is 2.29. The molecule has 0 aliphatic carbocycles. The molecule has 0 bridgehead atoms. The van der Waals surface area contributed by atoms with Crippen molar-refractivity contribution in [2.24, 2.45) is 0 Å². The van der Waals surface area contributed by atoms with Crippen LogP contribution in [0.3, 0.4) is 0 Å². The molecule has 0 aromatic heterocycles. The van der Waals surface area contributed by atoms with Crippen LogP contribution in [0.25, 0.3) is 0 Å². The van der Waals surface area contributed by atoms with Crippen molar-refractivity contribution in [3.05, 3.63) is 23.8 Å². The molecule has 2 saturated heterocycles. The molecule has 0 N–H and O–H groups in total. The van der Waals surface area contributed by atoms with E-state index in [1.807, 2.05) is 18.2 Å². The quantitative estimate of drug-likeness (QED) is 0.506. The average molecular weight is 308 g/mol. The lowest BCUT2D eigenvalue weighted by Gasteiger charge is -2.11. The molecule has 3 rings (SSSR count). The topological polar surface area (TPSA) is 69.8 Å². The molecule has 2 atom stereocenters. The number of hydrogen-bond donors (Lipinski definition) is 0. The highest BCUT2D eigenvalue weighted by atomic mass is 16.6. The Morgan fingerprint density at radius 3 is 2.59 bits per heavy atom. The first kappa shape index (κ1) is 15.1.